The van der Waals surface area contributed by atoms with Crippen LogP contribution in [0.5, 0.6) is 0 Å². The molecule has 3 nitrogen and oxygen atoms in total. The van der Waals surface area contributed by atoms with Crippen LogP contribution in [0.2, 0.25) is 0 Å². The number of carbonyl (C=O) groups excluding carboxylic acids is 1. The Morgan fingerprint density at radius 1 is 1.15 bits per heavy atom. The standard InChI is InChI=1S/C23H30N2O/c1-18-6-3-4-8-21(18)12-9-19-7-5-15-25(16-19)17-20-10-13-22(14-11-20)23(26)24-2/h3-4,6,8,10-11,13-14,19H,5,7,9,12,15-17H2,1-2H3,(H,24,26)/t19-/m0/s1. The monoisotopic (exact) mass is 350 g/mol. The molecule has 26 heavy (non-hydrogen) atoms. The summed E-state index contributed by atoms with van der Waals surface area (Å²) in [7, 11) is 1.67. The third kappa shape index (κ3) is 4.95. The van der Waals surface area contributed by atoms with Crippen LogP contribution < -0.4 is 5.32 Å². The van der Waals surface area contributed by atoms with E-state index in [2.05, 4.69) is 53.5 Å². The van der Waals surface area contributed by atoms with E-state index in [1.165, 1.54) is 55.5 Å². The minimum atomic E-state index is -0.0224. The number of hydrogen-bond acceptors (Lipinski definition) is 2. The van der Waals surface area contributed by atoms with Crippen molar-refractivity contribution in [2.45, 2.75) is 39.2 Å². The molecule has 1 atom stereocenters. The van der Waals surface area contributed by atoms with Gasteiger partial charge in [-0.3, -0.25) is 9.69 Å². The number of likely N-dealkylation sites (tertiary alicyclic amines) is 1. The molecule has 0 aromatic heterocycles. The Labute approximate surface area is 157 Å². The molecule has 1 amide bonds. The zero-order valence-electron chi connectivity index (χ0n) is 16.0. The summed E-state index contributed by atoms with van der Waals surface area (Å²) in [6.07, 6.45) is 5.09. The first-order valence-electron chi connectivity index (χ1n) is 9.73. The van der Waals surface area contributed by atoms with Crippen LogP contribution in [0, 0.1) is 12.8 Å². The van der Waals surface area contributed by atoms with E-state index < -0.39 is 0 Å². The van der Waals surface area contributed by atoms with Crippen molar-refractivity contribution in [3.05, 3.63) is 70.8 Å². The Kier molecular flexibility index (Phi) is 6.45. The van der Waals surface area contributed by atoms with Gasteiger partial charge >= 0.3 is 0 Å². The molecule has 1 heterocycles. The Bertz CT molecular complexity index is 723. The fraction of sp³-hybridized carbons (Fsp3) is 0.435. The normalized spacial score (nSPS) is 17.8. The van der Waals surface area contributed by atoms with Crippen molar-refractivity contribution in [2.24, 2.45) is 5.92 Å². The van der Waals surface area contributed by atoms with Gasteiger partial charge in [0.15, 0.2) is 0 Å². The Hall–Kier alpha value is -2.13. The predicted molar refractivity (Wildman–Crippen MR) is 107 cm³/mol. The number of rotatable bonds is 6. The number of amides is 1. The lowest BCUT2D eigenvalue weighted by Gasteiger charge is -2.33. The number of nitrogens with one attached hydrogen (secondary N) is 1. The van der Waals surface area contributed by atoms with Gasteiger partial charge in [0.25, 0.3) is 5.91 Å². The fourth-order valence-electron chi connectivity index (χ4n) is 3.94. The van der Waals surface area contributed by atoms with Crippen LogP contribution in [0.3, 0.4) is 0 Å². The fourth-order valence-corrected chi connectivity index (χ4v) is 3.94. The molecular weight excluding hydrogens is 320 g/mol. The Morgan fingerprint density at radius 2 is 1.92 bits per heavy atom. The number of piperidine rings is 1. The molecule has 3 heteroatoms. The second-order valence-electron chi connectivity index (χ2n) is 7.48. The summed E-state index contributed by atoms with van der Waals surface area (Å²) in [6.45, 7) is 5.56. The summed E-state index contributed by atoms with van der Waals surface area (Å²) in [6, 6.07) is 16.8. The summed E-state index contributed by atoms with van der Waals surface area (Å²) in [5, 5.41) is 2.67. The van der Waals surface area contributed by atoms with Crippen LogP contribution in [-0.4, -0.2) is 30.9 Å². The van der Waals surface area contributed by atoms with Gasteiger partial charge in [0.1, 0.15) is 0 Å². The third-order valence-electron chi connectivity index (χ3n) is 5.54. The highest BCUT2D eigenvalue weighted by atomic mass is 16.1. The van der Waals surface area contributed by atoms with E-state index in [0.29, 0.717) is 0 Å². The van der Waals surface area contributed by atoms with E-state index in [1.54, 1.807) is 7.05 Å². The molecule has 1 aliphatic rings. The van der Waals surface area contributed by atoms with Gasteiger partial charge in [0.2, 0.25) is 0 Å². The average molecular weight is 351 g/mol. The van der Waals surface area contributed by atoms with Crippen molar-refractivity contribution in [1.29, 1.82) is 0 Å². The minimum absolute atomic E-state index is 0.0224. The molecule has 1 fully saturated rings. The van der Waals surface area contributed by atoms with Gasteiger partial charge in [0, 0.05) is 25.7 Å². The maximum absolute atomic E-state index is 11.6. The molecule has 1 saturated heterocycles. The summed E-state index contributed by atoms with van der Waals surface area (Å²) >= 11 is 0. The number of carbonyl (C=O) groups is 1. The van der Waals surface area contributed by atoms with Crippen LogP contribution >= 0.6 is 0 Å². The lowest BCUT2D eigenvalue weighted by Crippen LogP contribution is -2.35. The van der Waals surface area contributed by atoms with Crippen molar-refractivity contribution >= 4 is 5.91 Å². The Balaban J connectivity index is 1.52. The van der Waals surface area contributed by atoms with E-state index in [4.69, 9.17) is 0 Å². The van der Waals surface area contributed by atoms with Gasteiger partial charge in [0.05, 0.1) is 0 Å². The van der Waals surface area contributed by atoms with Gasteiger partial charge in [-0.25, -0.2) is 0 Å². The van der Waals surface area contributed by atoms with Crippen LogP contribution in [-0.2, 0) is 13.0 Å². The van der Waals surface area contributed by atoms with Gasteiger partial charge in [-0.1, -0.05) is 36.4 Å². The predicted octanol–water partition coefficient (Wildman–Crippen LogP) is 4.20. The number of aryl methyl sites for hydroxylation is 2. The molecule has 2 aromatic carbocycles. The molecule has 1 aliphatic heterocycles. The van der Waals surface area contributed by atoms with E-state index in [-0.39, 0.29) is 5.91 Å². The molecule has 0 saturated carbocycles. The SMILES string of the molecule is CNC(=O)c1ccc(CN2CCC[C@@H](CCc3ccccc3C)C2)cc1. The Morgan fingerprint density at radius 3 is 2.65 bits per heavy atom. The maximum atomic E-state index is 11.6. The van der Waals surface area contributed by atoms with Gasteiger partial charge in [-0.15, -0.1) is 0 Å². The van der Waals surface area contributed by atoms with Crippen LogP contribution in [0.15, 0.2) is 48.5 Å². The van der Waals surface area contributed by atoms with Crippen molar-refractivity contribution in [3.63, 3.8) is 0 Å². The minimum Gasteiger partial charge on any atom is -0.355 e. The van der Waals surface area contributed by atoms with Crippen molar-refractivity contribution in [2.75, 3.05) is 20.1 Å². The van der Waals surface area contributed by atoms with Crippen molar-refractivity contribution in [3.8, 4) is 0 Å². The number of hydrogen-bond donors (Lipinski definition) is 1. The number of nitrogens with zero attached hydrogens (tertiary/aromatic N) is 1. The average Bonchev–Trinajstić information content (AvgIpc) is 2.68. The highest BCUT2D eigenvalue weighted by Crippen LogP contribution is 2.23. The van der Waals surface area contributed by atoms with Crippen molar-refractivity contribution in [1.82, 2.24) is 10.2 Å². The van der Waals surface area contributed by atoms with Gasteiger partial charge in [-0.2, -0.15) is 0 Å². The van der Waals surface area contributed by atoms with E-state index in [0.717, 1.165) is 18.0 Å². The first kappa shape index (κ1) is 18.7. The van der Waals surface area contributed by atoms with Crippen molar-refractivity contribution < 1.29 is 4.79 Å². The molecule has 1 N–H and O–H groups in total. The summed E-state index contributed by atoms with van der Waals surface area (Å²) in [4.78, 5) is 14.2. The molecule has 2 aromatic rings. The highest BCUT2D eigenvalue weighted by molar-refractivity contribution is 5.93. The lowest BCUT2D eigenvalue weighted by molar-refractivity contribution is 0.0963. The van der Waals surface area contributed by atoms with Crippen LogP contribution in [0.1, 0.15) is 46.3 Å². The smallest absolute Gasteiger partial charge is 0.251 e. The molecular formula is C23H30N2O. The summed E-state index contributed by atoms with van der Waals surface area (Å²) in [5.74, 6) is 0.763. The summed E-state index contributed by atoms with van der Waals surface area (Å²) < 4.78 is 0. The second kappa shape index (κ2) is 9.00. The third-order valence-corrected chi connectivity index (χ3v) is 5.54. The second-order valence-corrected chi connectivity index (χ2v) is 7.48. The van der Waals surface area contributed by atoms with E-state index in [1.807, 2.05) is 12.1 Å². The molecule has 138 valence electrons. The van der Waals surface area contributed by atoms with E-state index in [9.17, 15) is 4.79 Å². The van der Waals surface area contributed by atoms with Crippen LogP contribution in [0.4, 0.5) is 0 Å². The van der Waals surface area contributed by atoms with Crippen LogP contribution in [0.25, 0.3) is 0 Å². The lowest BCUT2D eigenvalue weighted by atomic mass is 9.90. The number of benzene rings is 2. The largest absolute Gasteiger partial charge is 0.355 e. The molecule has 0 aliphatic carbocycles. The topological polar surface area (TPSA) is 32.3 Å². The molecule has 0 spiro atoms. The maximum Gasteiger partial charge on any atom is 0.251 e. The quantitative estimate of drug-likeness (QED) is 0.847. The first-order chi connectivity index (χ1) is 12.7. The molecule has 0 unspecified atom stereocenters. The highest BCUT2D eigenvalue weighted by Gasteiger charge is 2.20. The zero-order valence-corrected chi connectivity index (χ0v) is 16.0. The van der Waals surface area contributed by atoms with Gasteiger partial charge in [-0.05, 0) is 73.9 Å². The molecule has 0 bridgehead atoms. The molecule has 3 rings (SSSR count). The zero-order chi connectivity index (χ0) is 18.4. The first-order valence-corrected chi connectivity index (χ1v) is 9.73. The van der Waals surface area contributed by atoms with E-state index >= 15 is 0 Å². The molecule has 0 radical (unpaired) electrons. The van der Waals surface area contributed by atoms with Gasteiger partial charge < -0.3 is 5.32 Å². The summed E-state index contributed by atoms with van der Waals surface area (Å²) in [5.41, 5.74) is 4.92.